The van der Waals surface area contributed by atoms with Crippen LogP contribution in [0.2, 0.25) is 0 Å². The van der Waals surface area contributed by atoms with Gasteiger partial charge in [0.25, 0.3) is 0 Å². The summed E-state index contributed by atoms with van der Waals surface area (Å²) in [6.45, 7) is 0.274. The number of benzene rings is 1. The molecule has 1 heterocycles. The normalized spacial score (nSPS) is 15.8. The molecule has 0 unspecified atom stereocenters. The third-order valence-corrected chi connectivity index (χ3v) is 5.64. The fourth-order valence-electron chi connectivity index (χ4n) is 3.45. The number of halogens is 2. The van der Waals surface area contributed by atoms with Crippen LogP contribution in [-0.2, 0) is 16.6 Å². The Bertz CT molecular complexity index is 832. The predicted octanol–water partition coefficient (Wildman–Crippen LogP) is 3.29. The lowest BCUT2D eigenvalue weighted by Crippen LogP contribution is -2.43. The summed E-state index contributed by atoms with van der Waals surface area (Å²) in [7, 11) is 0. The molecule has 1 amide bonds. The molecule has 0 bridgehead atoms. The number of thiazole rings is 1. The van der Waals surface area contributed by atoms with Crippen LogP contribution < -0.4 is 5.32 Å². The molecular formula is C18H18F2N2O3S. The quantitative estimate of drug-likeness (QED) is 0.806. The zero-order valence-electron chi connectivity index (χ0n) is 13.9. The number of carbonyl (C=O) groups is 2. The maximum atomic E-state index is 14.3. The van der Waals surface area contributed by atoms with Crippen molar-refractivity contribution >= 4 is 23.2 Å². The lowest BCUT2D eigenvalue weighted by molar-refractivity contribution is -0.126. The van der Waals surface area contributed by atoms with Gasteiger partial charge in [-0.1, -0.05) is 18.9 Å². The monoisotopic (exact) mass is 380 g/mol. The second kappa shape index (κ2) is 7.49. The maximum Gasteiger partial charge on any atom is 0.355 e. The Morgan fingerprint density at radius 1 is 1.27 bits per heavy atom. The number of carbonyl (C=O) groups excluding carboxylic acids is 1. The molecule has 26 heavy (non-hydrogen) atoms. The SMILES string of the molecule is O=C(O)c1csc(CCNC(=O)C2(c3ccc(F)cc3F)CCCC2)n1. The van der Waals surface area contributed by atoms with Crippen molar-refractivity contribution in [3.05, 3.63) is 51.5 Å². The number of hydrogen-bond acceptors (Lipinski definition) is 4. The Hall–Kier alpha value is -2.35. The molecule has 1 aliphatic rings. The number of aromatic carboxylic acids is 1. The molecule has 1 aliphatic carbocycles. The van der Waals surface area contributed by atoms with Crippen LogP contribution in [0.3, 0.4) is 0 Å². The van der Waals surface area contributed by atoms with Gasteiger partial charge < -0.3 is 10.4 Å². The van der Waals surface area contributed by atoms with Crippen LogP contribution in [0.15, 0.2) is 23.6 Å². The topological polar surface area (TPSA) is 79.3 Å². The van der Waals surface area contributed by atoms with Crippen LogP contribution in [0, 0.1) is 11.6 Å². The molecule has 138 valence electrons. The molecule has 0 atom stereocenters. The fourth-order valence-corrected chi connectivity index (χ4v) is 4.22. The molecule has 1 saturated carbocycles. The van der Waals surface area contributed by atoms with E-state index in [2.05, 4.69) is 10.3 Å². The number of carboxylic acids is 1. The first-order valence-corrected chi connectivity index (χ1v) is 9.22. The average Bonchev–Trinajstić information content (AvgIpc) is 3.24. The summed E-state index contributed by atoms with van der Waals surface area (Å²) in [6, 6.07) is 3.34. The first-order chi connectivity index (χ1) is 12.4. The Morgan fingerprint density at radius 2 is 2.00 bits per heavy atom. The van der Waals surface area contributed by atoms with E-state index in [1.54, 1.807) is 0 Å². The minimum absolute atomic E-state index is 0.0167. The van der Waals surface area contributed by atoms with Gasteiger partial charge in [-0.25, -0.2) is 18.6 Å². The van der Waals surface area contributed by atoms with Gasteiger partial charge in [0.2, 0.25) is 5.91 Å². The summed E-state index contributed by atoms with van der Waals surface area (Å²) in [4.78, 5) is 27.6. The van der Waals surface area contributed by atoms with Gasteiger partial charge in [-0.3, -0.25) is 4.79 Å². The van der Waals surface area contributed by atoms with Crippen molar-refractivity contribution in [2.24, 2.45) is 0 Å². The number of carboxylic acid groups (broad SMARTS) is 1. The van der Waals surface area contributed by atoms with E-state index in [1.165, 1.54) is 28.8 Å². The molecule has 1 fully saturated rings. The molecule has 1 aromatic carbocycles. The van der Waals surface area contributed by atoms with E-state index in [9.17, 15) is 18.4 Å². The molecule has 5 nitrogen and oxygen atoms in total. The first kappa shape index (κ1) is 18.4. The highest BCUT2D eigenvalue weighted by molar-refractivity contribution is 7.09. The summed E-state index contributed by atoms with van der Waals surface area (Å²) in [5.74, 6) is -2.74. The van der Waals surface area contributed by atoms with Crippen molar-refractivity contribution in [1.82, 2.24) is 10.3 Å². The van der Waals surface area contributed by atoms with Crippen molar-refractivity contribution in [3.63, 3.8) is 0 Å². The Morgan fingerprint density at radius 3 is 2.62 bits per heavy atom. The highest BCUT2D eigenvalue weighted by Crippen LogP contribution is 2.42. The summed E-state index contributed by atoms with van der Waals surface area (Å²) in [5, 5.41) is 13.7. The summed E-state index contributed by atoms with van der Waals surface area (Å²) >= 11 is 1.22. The van der Waals surface area contributed by atoms with Crippen molar-refractivity contribution in [1.29, 1.82) is 0 Å². The highest BCUT2D eigenvalue weighted by Gasteiger charge is 2.44. The van der Waals surface area contributed by atoms with Gasteiger partial charge in [0, 0.05) is 30.0 Å². The molecule has 0 spiro atoms. The molecule has 3 rings (SSSR count). The second-order valence-corrected chi connectivity index (χ2v) is 7.29. The Labute approximate surface area is 153 Å². The van der Waals surface area contributed by atoms with Gasteiger partial charge in [0.1, 0.15) is 11.6 Å². The minimum Gasteiger partial charge on any atom is -0.476 e. The Kier molecular flexibility index (Phi) is 5.31. The molecule has 2 aromatic rings. The molecule has 8 heteroatoms. The number of nitrogens with one attached hydrogen (secondary N) is 1. The van der Waals surface area contributed by atoms with Gasteiger partial charge in [-0.2, -0.15) is 0 Å². The average molecular weight is 380 g/mol. The predicted molar refractivity (Wildman–Crippen MR) is 92.3 cm³/mol. The van der Waals surface area contributed by atoms with E-state index < -0.39 is 23.0 Å². The molecule has 2 N–H and O–H groups in total. The first-order valence-electron chi connectivity index (χ1n) is 8.34. The highest BCUT2D eigenvalue weighted by atomic mass is 32.1. The number of hydrogen-bond donors (Lipinski definition) is 2. The van der Waals surface area contributed by atoms with Crippen LogP contribution >= 0.6 is 11.3 Å². The molecule has 0 aliphatic heterocycles. The van der Waals surface area contributed by atoms with Gasteiger partial charge in [0.05, 0.1) is 10.4 Å². The van der Waals surface area contributed by atoms with Gasteiger partial charge in [0.15, 0.2) is 5.69 Å². The van der Waals surface area contributed by atoms with Crippen LogP contribution in [0.25, 0.3) is 0 Å². The second-order valence-electron chi connectivity index (χ2n) is 6.35. The standard InChI is InChI=1S/C18H18F2N2O3S/c19-11-3-4-12(13(20)9-11)18(6-1-2-7-18)17(25)21-8-5-15-22-14(10-26-15)16(23)24/h3-4,9-10H,1-2,5-8H2,(H,21,25)(H,23,24). The van der Waals surface area contributed by atoms with Gasteiger partial charge in [-0.15, -0.1) is 11.3 Å². The molecular weight excluding hydrogens is 362 g/mol. The van der Waals surface area contributed by atoms with E-state index in [4.69, 9.17) is 5.11 Å². The van der Waals surface area contributed by atoms with Crippen LogP contribution in [0.1, 0.15) is 46.7 Å². The zero-order valence-corrected chi connectivity index (χ0v) is 14.7. The van der Waals surface area contributed by atoms with E-state index in [1.807, 2.05) is 0 Å². The van der Waals surface area contributed by atoms with Crippen molar-refractivity contribution in [3.8, 4) is 0 Å². The van der Waals surface area contributed by atoms with Gasteiger partial charge in [-0.05, 0) is 18.9 Å². The van der Waals surface area contributed by atoms with E-state index in [0.29, 0.717) is 24.3 Å². The minimum atomic E-state index is -1.09. The number of rotatable bonds is 6. The number of aromatic nitrogens is 1. The molecule has 0 radical (unpaired) electrons. The summed E-state index contributed by atoms with van der Waals surface area (Å²) in [6.07, 6.45) is 3.03. The van der Waals surface area contributed by atoms with Crippen LogP contribution in [0.5, 0.6) is 0 Å². The van der Waals surface area contributed by atoms with E-state index in [0.717, 1.165) is 18.9 Å². The van der Waals surface area contributed by atoms with Gasteiger partial charge >= 0.3 is 5.97 Å². The fraction of sp³-hybridized carbons (Fsp3) is 0.389. The van der Waals surface area contributed by atoms with E-state index in [-0.39, 0.29) is 23.7 Å². The number of nitrogens with zero attached hydrogens (tertiary/aromatic N) is 1. The van der Waals surface area contributed by atoms with E-state index >= 15 is 0 Å². The third kappa shape index (κ3) is 3.60. The smallest absolute Gasteiger partial charge is 0.355 e. The van der Waals surface area contributed by atoms with Crippen LogP contribution in [0.4, 0.5) is 8.78 Å². The van der Waals surface area contributed by atoms with Crippen LogP contribution in [-0.4, -0.2) is 28.5 Å². The molecule has 0 saturated heterocycles. The number of amides is 1. The van der Waals surface area contributed by atoms with Crippen molar-refractivity contribution in [2.75, 3.05) is 6.54 Å². The maximum absolute atomic E-state index is 14.3. The largest absolute Gasteiger partial charge is 0.476 e. The van der Waals surface area contributed by atoms with Crippen molar-refractivity contribution in [2.45, 2.75) is 37.5 Å². The van der Waals surface area contributed by atoms with Crippen molar-refractivity contribution < 1.29 is 23.5 Å². The summed E-state index contributed by atoms with van der Waals surface area (Å²) in [5.41, 5.74) is -0.763. The lowest BCUT2D eigenvalue weighted by atomic mass is 9.77. The zero-order chi connectivity index (χ0) is 18.7. The Balaban J connectivity index is 1.70. The molecule has 1 aromatic heterocycles. The summed E-state index contributed by atoms with van der Waals surface area (Å²) < 4.78 is 27.5. The lowest BCUT2D eigenvalue weighted by Gasteiger charge is -2.28. The third-order valence-electron chi connectivity index (χ3n) is 4.73.